The molecule has 0 aliphatic carbocycles. The van der Waals surface area contributed by atoms with E-state index in [0.29, 0.717) is 0 Å². The van der Waals surface area contributed by atoms with E-state index in [1.54, 1.807) is 0 Å². The van der Waals surface area contributed by atoms with Crippen molar-refractivity contribution in [2.24, 2.45) is 0 Å². The van der Waals surface area contributed by atoms with Crippen LogP contribution in [0.25, 0.3) is 0 Å². The van der Waals surface area contributed by atoms with Crippen LogP contribution in [0, 0.1) is 6.92 Å². The van der Waals surface area contributed by atoms with Gasteiger partial charge in [0.25, 0.3) is 0 Å². The molecular weight excluding hydrogens is 200 g/mol. The lowest BCUT2D eigenvalue weighted by Crippen LogP contribution is -2.03. The Morgan fingerprint density at radius 1 is 1.46 bits per heavy atom. The minimum Gasteiger partial charge on any atom is -0.471 e. The summed E-state index contributed by atoms with van der Waals surface area (Å²) in [6.45, 7) is 4.02. The molecule has 0 saturated carbocycles. The normalized spacial score (nSPS) is 12.2. The van der Waals surface area contributed by atoms with Gasteiger partial charge in [0.15, 0.2) is 0 Å². The van der Waals surface area contributed by atoms with Crippen molar-refractivity contribution in [2.45, 2.75) is 20.0 Å². The number of hydrogen-bond acceptors (Lipinski definition) is 2. The molecule has 0 aromatic heterocycles. The summed E-state index contributed by atoms with van der Waals surface area (Å²) in [5, 5.41) is 0. The number of rotatable bonds is 2. The van der Waals surface area contributed by atoms with Crippen LogP contribution in [0.2, 0.25) is 0 Å². The predicted molar refractivity (Wildman–Crippen MR) is 62.3 cm³/mol. The summed E-state index contributed by atoms with van der Waals surface area (Å²) in [6.07, 6.45) is -0.0220. The van der Waals surface area contributed by atoms with Crippen molar-refractivity contribution in [3.05, 3.63) is 35.4 Å². The highest BCUT2D eigenvalue weighted by molar-refractivity contribution is 8.10. The van der Waals surface area contributed by atoms with Crippen LogP contribution in [0.3, 0.4) is 0 Å². The van der Waals surface area contributed by atoms with Crippen LogP contribution in [-0.4, -0.2) is 4.38 Å². The van der Waals surface area contributed by atoms with Gasteiger partial charge in [0, 0.05) is 0 Å². The second-order valence-electron chi connectivity index (χ2n) is 2.88. The first kappa shape index (κ1) is 10.5. The van der Waals surface area contributed by atoms with Crippen LogP contribution in [0.5, 0.6) is 0 Å². The molecule has 0 amide bonds. The molecule has 1 rings (SSSR count). The maximum atomic E-state index is 5.31. The van der Waals surface area contributed by atoms with Crippen molar-refractivity contribution in [1.82, 2.24) is 0 Å². The molecule has 1 nitrogen and oxygen atoms in total. The first-order valence-electron chi connectivity index (χ1n) is 4.06. The SMILES string of the molecule is Cc1ccccc1C(C)OC(=S)S. The van der Waals surface area contributed by atoms with Gasteiger partial charge in [0.1, 0.15) is 6.10 Å². The minimum atomic E-state index is -0.0220. The van der Waals surface area contributed by atoms with Crippen LogP contribution < -0.4 is 0 Å². The molecule has 0 N–H and O–H groups in total. The number of thiocarbonyl (C=S) groups is 1. The lowest BCUT2D eigenvalue weighted by Gasteiger charge is -2.14. The molecule has 0 heterocycles. The van der Waals surface area contributed by atoms with E-state index in [2.05, 4.69) is 25.6 Å². The Kier molecular flexibility index (Phi) is 3.75. The van der Waals surface area contributed by atoms with Gasteiger partial charge in [-0.05, 0) is 37.2 Å². The fraction of sp³-hybridized carbons (Fsp3) is 0.300. The number of hydrogen-bond donors (Lipinski definition) is 1. The van der Waals surface area contributed by atoms with E-state index in [4.69, 9.17) is 17.0 Å². The fourth-order valence-corrected chi connectivity index (χ4v) is 1.56. The number of ether oxygens (including phenoxy) is 1. The van der Waals surface area contributed by atoms with Gasteiger partial charge in [0.2, 0.25) is 4.38 Å². The largest absolute Gasteiger partial charge is 0.471 e. The predicted octanol–water partition coefficient (Wildman–Crippen LogP) is 3.29. The van der Waals surface area contributed by atoms with Gasteiger partial charge in [-0.25, -0.2) is 0 Å². The Morgan fingerprint density at radius 3 is 2.62 bits per heavy atom. The van der Waals surface area contributed by atoms with Crippen molar-refractivity contribution in [3.63, 3.8) is 0 Å². The Labute approximate surface area is 89.5 Å². The highest BCUT2D eigenvalue weighted by atomic mass is 32.1. The topological polar surface area (TPSA) is 9.23 Å². The molecule has 13 heavy (non-hydrogen) atoms. The van der Waals surface area contributed by atoms with E-state index in [1.807, 2.05) is 25.1 Å². The molecule has 1 unspecified atom stereocenters. The van der Waals surface area contributed by atoms with Gasteiger partial charge < -0.3 is 4.74 Å². The van der Waals surface area contributed by atoms with Gasteiger partial charge in [0.05, 0.1) is 0 Å². The van der Waals surface area contributed by atoms with Gasteiger partial charge in [-0.1, -0.05) is 36.9 Å². The third-order valence-electron chi connectivity index (χ3n) is 1.90. The molecule has 0 fully saturated rings. The lowest BCUT2D eigenvalue weighted by atomic mass is 10.1. The molecule has 70 valence electrons. The minimum absolute atomic E-state index is 0.0220. The Bertz CT molecular complexity index is 310. The smallest absolute Gasteiger partial charge is 0.217 e. The van der Waals surface area contributed by atoms with Crippen molar-refractivity contribution in [2.75, 3.05) is 0 Å². The van der Waals surface area contributed by atoms with Crippen molar-refractivity contribution >= 4 is 29.2 Å². The van der Waals surface area contributed by atoms with E-state index in [0.717, 1.165) is 5.56 Å². The zero-order valence-corrected chi connectivity index (χ0v) is 9.36. The van der Waals surface area contributed by atoms with Crippen LogP contribution in [0.1, 0.15) is 24.2 Å². The summed E-state index contributed by atoms with van der Waals surface area (Å²) < 4.78 is 5.60. The molecule has 0 aliphatic heterocycles. The second-order valence-corrected chi connectivity index (χ2v) is 3.96. The monoisotopic (exact) mass is 212 g/mol. The van der Waals surface area contributed by atoms with Crippen LogP contribution in [-0.2, 0) is 4.74 Å². The van der Waals surface area contributed by atoms with E-state index >= 15 is 0 Å². The third-order valence-corrected chi connectivity index (χ3v) is 2.11. The molecule has 0 aliphatic rings. The van der Waals surface area contributed by atoms with Gasteiger partial charge >= 0.3 is 0 Å². The molecular formula is C10H12OS2. The number of aryl methyl sites for hydroxylation is 1. The first-order chi connectivity index (χ1) is 6.11. The van der Waals surface area contributed by atoms with Crippen molar-refractivity contribution in [3.8, 4) is 0 Å². The van der Waals surface area contributed by atoms with Crippen LogP contribution in [0.4, 0.5) is 0 Å². The summed E-state index contributed by atoms with van der Waals surface area (Å²) in [5.41, 5.74) is 2.36. The number of benzene rings is 1. The average Bonchev–Trinajstić information content (AvgIpc) is 2.03. The highest BCUT2D eigenvalue weighted by Gasteiger charge is 2.08. The molecule has 0 radical (unpaired) electrons. The maximum Gasteiger partial charge on any atom is 0.217 e. The second kappa shape index (κ2) is 4.63. The fourth-order valence-electron chi connectivity index (χ4n) is 1.26. The molecule has 0 saturated heterocycles. The van der Waals surface area contributed by atoms with Crippen molar-refractivity contribution < 1.29 is 4.74 Å². The van der Waals surface area contributed by atoms with E-state index in [-0.39, 0.29) is 10.5 Å². The molecule has 1 aromatic carbocycles. The van der Waals surface area contributed by atoms with Gasteiger partial charge in [-0.15, -0.1) is 0 Å². The molecule has 0 bridgehead atoms. The van der Waals surface area contributed by atoms with E-state index in [1.165, 1.54) is 5.56 Å². The average molecular weight is 212 g/mol. The zero-order chi connectivity index (χ0) is 9.84. The highest BCUT2D eigenvalue weighted by Crippen LogP contribution is 2.20. The van der Waals surface area contributed by atoms with E-state index < -0.39 is 0 Å². The molecule has 3 heteroatoms. The van der Waals surface area contributed by atoms with Crippen LogP contribution >= 0.6 is 24.8 Å². The van der Waals surface area contributed by atoms with Gasteiger partial charge in [-0.3, -0.25) is 0 Å². The lowest BCUT2D eigenvalue weighted by molar-refractivity contribution is 0.226. The molecule has 0 spiro atoms. The van der Waals surface area contributed by atoms with E-state index in [9.17, 15) is 0 Å². The molecule has 1 aromatic rings. The Morgan fingerprint density at radius 2 is 2.08 bits per heavy atom. The third kappa shape index (κ3) is 3.01. The summed E-state index contributed by atoms with van der Waals surface area (Å²) in [7, 11) is 0. The van der Waals surface area contributed by atoms with Gasteiger partial charge in [-0.2, -0.15) is 0 Å². The summed E-state index contributed by atoms with van der Waals surface area (Å²) in [4.78, 5) is 0. The Balaban J connectivity index is 2.82. The standard InChI is InChI=1S/C10H12OS2/c1-7-5-3-4-6-9(7)8(2)11-10(12)13/h3-6,8H,1-2H3,(H,12,13). The number of thiol groups is 1. The van der Waals surface area contributed by atoms with Crippen LogP contribution in [0.15, 0.2) is 24.3 Å². The summed E-state index contributed by atoms with van der Waals surface area (Å²) in [6, 6.07) is 8.08. The molecule has 1 atom stereocenters. The van der Waals surface area contributed by atoms with Crippen molar-refractivity contribution in [1.29, 1.82) is 0 Å². The summed E-state index contributed by atoms with van der Waals surface area (Å²) in [5.74, 6) is 0. The summed E-state index contributed by atoms with van der Waals surface area (Å²) >= 11 is 8.69. The first-order valence-corrected chi connectivity index (χ1v) is 4.92. The maximum absolute atomic E-state index is 5.31. The quantitative estimate of drug-likeness (QED) is 0.595. The Hall–Kier alpha value is -0.540. The zero-order valence-electron chi connectivity index (χ0n) is 7.65.